The molecular weight excluding hydrogens is 390 g/mol. The van der Waals surface area contributed by atoms with Gasteiger partial charge in [0.05, 0.1) is 17.7 Å². The Morgan fingerprint density at radius 2 is 1.93 bits per heavy atom. The molecule has 0 saturated heterocycles. The summed E-state index contributed by atoms with van der Waals surface area (Å²) >= 11 is 0. The van der Waals surface area contributed by atoms with E-state index < -0.39 is 16.1 Å². The van der Waals surface area contributed by atoms with E-state index in [2.05, 4.69) is 15.0 Å². The number of amides is 1. The third-order valence-corrected chi connectivity index (χ3v) is 5.95. The average Bonchev–Trinajstić information content (AvgIpc) is 2.92. The Labute approximate surface area is 171 Å². The first-order valence-corrected chi connectivity index (χ1v) is 10.8. The molecule has 1 unspecified atom stereocenters. The summed E-state index contributed by atoms with van der Waals surface area (Å²) in [6.45, 7) is 5.89. The Morgan fingerprint density at radius 1 is 1.21 bits per heavy atom. The van der Waals surface area contributed by atoms with Crippen LogP contribution in [0.4, 0.5) is 5.69 Å². The fourth-order valence-electron chi connectivity index (χ4n) is 3.19. The van der Waals surface area contributed by atoms with Crippen molar-refractivity contribution in [2.45, 2.75) is 38.1 Å². The van der Waals surface area contributed by atoms with Crippen LogP contribution in [-0.4, -0.2) is 33.3 Å². The smallest absolute Gasteiger partial charge is 0.263 e. The summed E-state index contributed by atoms with van der Waals surface area (Å²) in [5.41, 5.74) is 2.01. The zero-order chi connectivity index (χ0) is 21.2. The third kappa shape index (κ3) is 4.59. The fraction of sp³-hybridized carbons (Fsp3) is 0.333. The Kier molecular flexibility index (Phi) is 5.93. The van der Waals surface area contributed by atoms with Crippen LogP contribution < -0.4 is 14.8 Å². The minimum absolute atomic E-state index is 0.169. The van der Waals surface area contributed by atoms with Crippen molar-refractivity contribution in [3.8, 4) is 5.75 Å². The van der Waals surface area contributed by atoms with Gasteiger partial charge in [-0.2, -0.15) is 0 Å². The van der Waals surface area contributed by atoms with Gasteiger partial charge in [-0.15, -0.1) is 0 Å². The van der Waals surface area contributed by atoms with Crippen molar-refractivity contribution in [1.29, 1.82) is 0 Å². The van der Waals surface area contributed by atoms with E-state index in [1.165, 1.54) is 13.2 Å². The minimum atomic E-state index is -3.66. The molecule has 2 aromatic carbocycles. The normalized spacial score (nSPS) is 16.9. The van der Waals surface area contributed by atoms with Gasteiger partial charge in [-0.05, 0) is 49.1 Å². The molecule has 0 bridgehead atoms. The van der Waals surface area contributed by atoms with Crippen LogP contribution in [0.25, 0.3) is 0 Å². The molecule has 0 radical (unpaired) electrons. The number of hydrogen-bond donors (Lipinski definition) is 2. The third-order valence-electron chi connectivity index (χ3n) is 4.56. The molecule has 29 heavy (non-hydrogen) atoms. The highest BCUT2D eigenvalue weighted by atomic mass is 32.2. The number of anilines is 1. The molecule has 0 fully saturated rings. The van der Waals surface area contributed by atoms with E-state index in [9.17, 15) is 13.2 Å². The number of carbonyl (C=O) groups excluding carboxylic acids is 1. The summed E-state index contributed by atoms with van der Waals surface area (Å²) in [5.74, 6) is 0.603. The quantitative estimate of drug-likeness (QED) is 0.758. The second-order valence-electron chi connectivity index (χ2n) is 7.42. The standard InChI is InChI=1S/C21H25N3O4S/c1-13(2)11-17(21(25)23-16-12-14(3)9-10-18(16)28-4)22-20-15-7-5-6-8-19(15)29(26,27)24-20/h5-10,12-13,17H,11H2,1-4H3,(H,22,24)(H,23,25). The van der Waals surface area contributed by atoms with E-state index in [1.807, 2.05) is 32.9 Å². The molecular formula is C21H25N3O4S. The number of fused-ring (bicyclic) bond motifs is 1. The monoisotopic (exact) mass is 415 g/mol. The molecule has 0 aliphatic carbocycles. The number of nitrogens with one attached hydrogen (secondary N) is 2. The number of benzene rings is 2. The van der Waals surface area contributed by atoms with Gasteiger partial charge >= 0.3 is 0 Å². The predicted octanol–water partition coefficient (Wildman–Crippen LogP) is 3.10. The molecule has 3 rings (SSSR count). The van der Waals surface area contributed by atoms with Crippen LogP contribution in [0, 0.1) is 12.8 Å². The van der Waals surface area contributed by atoms with E-state index in [1.54, 1.807) is 24.3 Å². The van der Waals surface area contributed by atoms with Gasteiger partial charge in [-0.25, -0.2) is 8.42 Å². The van der Waals surface area contributed by atoms with Crippen LogP contribution in [0.3, 0.4) is 0 Å². The van der Waals surface area contributed by atoms with Crippen molar-refractivity contribution < 1.29 is 17.9 Å². The van der Waals surface area contributed by atoms with Gasteiger partial charge in [-0.3, -0.25) is 14.5 Å². The van der Waals surface area contributed by atoms with Crippen molar-refractivity contribution in [2.75, 3.05) is 12.4 Å². The minimum Gasteiger partial charge on any atom is -0.495 e. The van der Waals surface area contributed by atoms with Crippen LogP contribution >= 0.6 is 0 Å². The molecule has 154 valence electrons. The lowest BCUT2D eigenvalue weighted by Crippen LogP contribution is -2.31. The summed E-state index contributed by atoms with van der Waals surface area (Å²) in [6.07, 6.45) is 0.466. The number of methoxy groups -OCH3 is 1. The highest BCUT2D eigenvalue weighted by Crippen LogP contribution is 2.27. The molecule has 7 nitrogen and oxygen atoms in total. The molecule has 1 amide bonds. The van der Waals surface area contributed by atoms with Gasteiger partial charge in [-0.1, -0.05) is 32.0 Å². The Morgan fingerprint density at radius 3 is 2.62 bits per heavy atom. The summed E-state index contributed by atoms with van der Waals surface area (Å²) in [5, 5.41) is 2.88. The van der Waals surface area contributed by atoms with Crippen LogP contribution in [0.2, 0.25) is 0 Å². The zero-order valence-electron chi connectivity index (χ0n) is 16.9. The van der Waals surface area contributed by atoms with Gasteiger partial charge in [0.2, 0.25) is 5.91 Å². The number of amidine groups is 1. The number of ether oxygens (including phenoxy) is 1. The maximum atomic E-state index is 13.0. The van der Waals surface area contributed by atoms with E-state index in [-0.39, 0.29) is 22.6 Å². The average molecular weight is 416 g/mol. The number of carbonyl (C=O) groups is 1. The van der Waals surface area contributed by atoms with Crippen molar-refractivity contribution in [3.63, 3.8) is 0 Å². The Balaban J connectivity index is 1.95. The maximum Gasteiger partial charge on any atom is 0.263 e. The van der Waals surface area contributed by atoms with Gasteiger partial charge in [0.1, 0.15) is 17.6 Å². The Hall–Kier alpha value is -2.87. The lowest BCUT2D eigenvalue weighted by atomic mass is 10.0. The number of sulfonamides is 1. The van der Waals surface area contributed by atoms with Crippen molar-refractivity contribution >= 4 is 27.5 Å². The molecule has 8 heteroatoms. The number of aliphatic imine (C=N–C) groups is 1. The molecule has 1 aliphatic heterocycles. The fourth-order valence-corrected chi connectivity index (χ4v) is 4.43. The number of hydrogen-bond acceptors (Lipinski definition) is 5. The number of rotatable bonds is 6. The van der Waals surface area contributed by atoms with Gasteiger partial charge in [0.25, 0.3) is 10.0 Å². The van der Waals surface area contributed by atoms with Gasteiger partial charge < -0.3 is 10.1 Å². The van der Waals surface area contributed by atoms with Crippen molar-refractivity contribution in [1.82, 2.24) is 4.72 Å². The van der Waals surface area contributed by atoms with E-state index in [4.69, 9.17) is 4.74 Å². The van der Waals surface area contributed by atoms with Gasteiger partial charge in [0.15, 0.2) is 0 Å². The summed E-state index contributed by atoms with van der Waals surface area (Å²) in [6, 6.07) is 11.3. The van der Waals surface area contributed by atoms with E-state index in [0.29, 0.717) is 23.4 Å². The lowest BCUT2D eigenvalue weighted by Gasteiger charge is -2.17. The van der Waals surface area contributed by atoms with Crippen LogP contribution in [0.1, 0.15) is 31.4 Å². The van der Waals surface area contributed by atoms with E-state index >= 15 is 0 Å². The topological polar surface area (TPSA) is 96.9 Å². The molecule has 2 N–H and O–H groups in total. The SMILES string of the molecule is COc1ccc(C)cc1NC(=O)C(CC(C)C)N=C1NS(=O)(=O)c2ccccc21. The molecule has 0 aromatic heterocycles. The maximum absolute atomic E-state index is 13.0. The first kappa shape index (κ1) is 20.9. The number of nitrogens with zero attached hydrogens (tertiary/aromatic N) is 1. The first-order chi connectivity index (χ1) is 13.7. The van der Waals surface area contributed by atoms with Gasteiger partial charge in [0, 0.05) is 5.56 Å². The lowest BCUT2D eigenvalue weighted by molar-refractivity contribution is -0.117. The summed E-state index contributed by atoms with van der Waals surface area (Å²) < 4.78 is 32.5. The summed E-state index contributed by atoms with van der Waals surface area (Å²) in [4.78, 5) is 17.7. The molecule has 0 spiro atoms. The second kappa shape index (κ2) is 8.24. The summed E-state index contributed by atoms with van der Waals surface area (Å²) in [7, 11) is -2.12. The first-order valence-electron chi connectivity index (χ1n) is 9.37. The largest absolute Gasteiger partial charge is 0.495 e. The Bertz CT molecular complexity index is 1060. The molecule has 1 atom stereocenters. The van der Waals surface area contributed by atoms with Crippen LogP contribution in [0.5, 0.6) is 5.75 Å². The highest BCUT2D eigenvalue weighted by Gasteiger charge is 2.32. The predicted molar refractivity (Wildman–Crippen MR) is 113 cm³/mol. The molecule has 1 heterocycles. The van der Waals surface area contributed by atoms with Crippen molar-refractivity contribution in [3.05, 3.63) is 53.6 Å². The van der Waals surface area contributed by atoms with E-state index in [0.717, 1.165) is 5.56 Å². The second-order valence-corrected chi connectivity index (χ2v) is 9.07. The molecule has 0 saturated carbocycles. The van der Waals surface area contributed by atoms with Crippen molar-refractivity contribution in [2.24, 2.45) is 10.9 Å². The number of aryl methyl sites for hydroxylation is 1. The zero-order valence-corrected chi connectivity index (χ0v) is 17.7. The highest BCUT2D eigenvalue weighted by molar-refractivity contribution is 7.90. The molecule has 1 aliphatic rings. The van der Waals surface area contributed by atoms with Crippen LogP contribution in [0.15, 0.2) is 52.4 Å². The molecule has 2 aromatic rings. The van der Waals surface area contributed by atoms with Crippen LogP contribution in [-0.2, 0) is 14.8 Å².